The fourth-order valence-electron chi connectivity index (χ4n) is 6.51. The average Bonchev–Trinajstić information content (AvgIpc) is 3.16. The number of carbonyl (C=O) groups excluding carboxylic acids is 2. The number of ether oxygens (including phenoxy) is 6. The highest BCUT2D eigenvalue weighted by Gasteiger charge is 2.09. The van der Waals surface area contributed by atoms with E-state index in [1.807, 2.05) is 13.8 Å². The van der Waals surface area contributed by atoms with Crippen LogP contribution in [-0.2, 0) is 38.0 Å². The van der Waals surface area contributed by atoms with Crippen molar-refractivity contribution in [3.05, 3.63) is 0 Å². The molecule has 0 aromatic heterocycles. The van der Waals surface area contributed by atoms with Gasteiger partial charge in [0.05, 0.1) is 25.4 Å². The lowest BCUT2D eigenvalue weighted by Crippen LogP contribution is -2.19. The number of rotatable bonds is 45. The Balaban J connectivity index is -0.00000234. The fraction of sp³-hybridized carbons (Fsp3) is 0.960. The van der Waals surface area contributed by atoms with E-state index >= 15 is 0 Å². The van der Waals surface area contributed by atoms with Crippen molar-refractivity contribution in [2.24, 2.45) is 0 Å². The van der Waals surface area contributed by atoms with Crippen LogP contribution in [0.4, 0.5) is 0 Å². The Morgan fingerprint density at radius 1 is 0.362 bits per heavy atom. The van der Waals surface area contributed by atoms with E-state index in [-0.39, 0.29) is 67.4 Å². The Morgan fingerprint density at radius 2 is 0.603 bits per heavy atom. The molecule has 0 aliphatic rings. The van der Waals surface area contributed by atoms with E-state index < -0.39 is 0 Å². The number of esters is 2. The summed E-state index contributed by atoms with van der Waals surface area (Å²) < 4.78 is 33.1. The molecule has 0 aliphatic carbocycles. The van der Waals surface area contributed by atoms with Crippen LogP contribution in [0.25, 0.3) is 0 Å². The van der Waals surface area contributed by atoms with Gasteiger partial charge < -0.3 is 28.4 Å². The highest BCUT2D eigenvalue weighted by atomic mass is 16.7. The molecule has 0 aromatic rings. The van der Waals surface area contributed by atoms with Gasteiger partial charge in [0.1, 0.15) is 0 Å². The van der Waals surface area contributed by atoms with E-state index in [2.05, 4.69) is 13.8 Å². The topological polar surface area (TPSA) is 89.5 Å². The van der Waals surface area contributed by atoms with E-state index in [0.717, 1.165) is 51.7 Å². The van der Waals surface area contributed by atoms with Gasteiger partial charge in [-0.25, -0.2) is 0 Å². The molecule has 0 aromatic carbocycles. The van der Waals surface area contributed by atoms with Crippen molar-refractivity contribution in [2.75, 3.05) is 40.0 Å². The Morgan fingerprint density at radius 3 is 0.879 bits per heavy atom. The molecule has 0 fully saturated rings. The van der Waals surface area contributed by atoms with Crippen LogP contribution in [0.3, 0.4) is 0 Å². The summed E-state index contributed by atoms with van der Waals surface area (Å²) in [6.07, 6.45) is 38.6. The zero-order chi connectivity index (χ0) is 39.4. The molecule has 8 heteroatoms. The third-order valence-corrected chi connectivity index (χ3v) is 10.1. The van der Waals surface area contributed by atoms with E-state index in [4.69, 9.17) is 28.4 Å². The van der Waals surface area contributed by atoms with E-state index in [9.17, 15) is 9.59 Å². The van der Waals surface area contributed by atoms with E-state index in [1.54, 1.807) is 0 Å². The van der Waals surface area contributed by atoms with Crippen LogP contribution in [0.1, 0.15) is 263 Å². The van der Waals surface area contributed by atoms with Crippen LogP contribution in [0.2, 0.25) is 0 Å². The normalized spacial score (nSPS) is 11.7. The number of carbonyl (C=O) groups is 2. The lowest BCUT2D eigenvalue weighted by Gasteiger charge is -2.14. The SMILES string of the molecule is C.C.C.C.CCCCCCCCCCCCCCCOCC(C)OCOC(=O)CCCCCCC(=O)OCOC(C)COCCCCCCCCCCCCCCC. The maximum Gasteiger partial charge on any atom is 0.307 e. The lowest BCUT2D eigenvalue weighted by atomic mass is 10.0. The smallest absolute Gasteiger partial charge is 0.307 e. The predicted octanol–water partition coefficient (Wildman–Crippen LogP) is 15.9. The minimum absolute atomic E-state index is 0. The zero-order valence-electron chi connectivity index (χ0n) is 36.3. The summed E-state index contributed by atoms with van der Waals surface area (Å²) in [6.45, 7) is 10.9. The maximum absolute atomic E-state index is 12.0. The minimum atomic E-state index is -0.255. The van der Waals surface area contributed by atoms with Gasteiger partial charge in [0, 0.05) is 26.1 Å². The zero-order valence-corrected chi connectivity index (χ0v) is 36.3. The van der Waals surface area contributed by atoms with Crippen molar-refractivity contribution >= 4 is 11.9 Å². The average molecular weight is 835 g/mol. The molecule has 0 radical (unpaired) electrons. The second-order valence-corrected chi connectivity index (χ2v) is 15.8. The van der Waals surface area contributed by atoms with Crippen molar-refractivity contribution in [1.82, 2.24) is 0 Å². The van der Waals surface area contributed by atoms with Crippen LogP contribution < -0.4 is 0 Å². The van der Waals surface area contributed by atoms with Crippen molar-refractivity contribution in [3.63, 3.8) is 0 Å². The van der Waals surface area contributed by atoms with Gasteiger partial charge in [-0.2, -0.15) is 0 Å². The van der Waals surface area contributed by atoms with Crippen molar-refractivity contribution in [1.29, 1.82) is 0 Å². The van der Waals surface area contributed by atoms with Gasteiger partial charge in [-0.1, -0.05) is 210 Å². The van der Waals surface area contributed by atoms with E-state index in [1.165, 1.54) is 154 Å². The van der Waals surface area contributed by atoms with E-state index in [0.29, 0.717) is 26.1 Å². The van der Waals surface area contributed by atoms with Gasteiger partial charge >= 0.3 is 11.9 Å². The predicted molar refractivity (Wildman–Crippen MR) is 251 cm³/mol. The molecule has 0 amide bonds. The minimum Gasteiger partial charge on any atom is -0.438 e. The molecular formula is C50H106O8. The molecular weight excluding hydrogens is 729 g/mol. The highest BCUT2D eigenvalue weighted by molar-refractivity contribution is 5.69. The number of unbranched alkanes of at least 4 members (excludes halogenated alkanes) is 27. The van der Waals surface area contributed by atoms with Gasteiger partial charge in [-0.3, -0.25) is 9.59 Å². The third-order valence-electron chi connectivity index (χ3n) is 10.1. The summed E-state index contributed by atoms with van der Waals surface area (Å²) in [5, 5.41) is 0. The molecule has 8 nitrogen and oxygen atoms in total. The second kappa shape index (κ2) is 55.8. The molecule has 354 valence electrons. The van der Waals surface area contributed by atoms with Crippen LogP contribution >= 0.6 is 0 Å². The summed E-state index contributed by atoms with van der Waals surface area (Å²) in [6, 6.07) is 0. The monoisotopic (exact) mass is 835 g/mol. The fourth-order valence-corrected chi connectivity index (χ4v) is 6.51. The molecule has 0 bridgehead atoms. The van der Waals surface area contributed by atoms with Crippen molar-refractivity contribution < 1.29 is 38.0 Å². The highest BCUT2D eigenvalue weighted by Crippen LogP contribution is 2.14. The Labute approximate surface area is 364 Å². The van der Waals surface area contributed by atoms with Gasteiger partial charge in [0.2, 0.25) is 0 Å². The number of hydrogen-bond acceptors (Lipinski definition) is 8. The quantitative estimate of drug-likeness (QED) is 0.0340. The maximum atomic E-state index is 12.0. The summed E-state index contributed by atoms with van der Waals surface area (Å²) in [7, 11) is 0. The third kappa shape index (κ3) is 54.8. The molecule has 0 N–H and O–H groups in total. The van der Waals surface area contributed by atoms with Crippen LogP contribution in [0, 0.1) is 0 Å². The first-order chi connectivity index (χ1) is 26.5. The molecule has 0 saturated heterocycles. The first-order valence-corrected chi connectivity index (χ1v) is 23.2. The van der Waals surface area contributed by atoms with Gasteiger partial charge in [-0.05, 0) is 39.5 Å². The lowest BCUT2D eigenvalue weighted by molar-refractivity contribution is -0.164. The summed E-state index contributed by atoms with van der Waals surface area (Å²) in [5.74, 6) is -0.511. The molecule has 58 heavy (non-hydrogen) atoms. The van der Waals surface area contributed by atoms with Gasteiger partial charge in [0.25, 0.3) is 0 Å². The van der Waals surface area contributed by atoms with Crippen molar-refractivity contribution in [2.45, 2.75) is 275 Å². The van der Waals surface area contributed by atoms with Gasteiger partial charge in [0.15, 0.2) is 13.6 Å². The van der Waals surface area contributed by atoms with Crippen LogP contribution in [-0.4, -0.2) is 64.2 Å². The molecule has 2 unspecified atom stereocenters. The molecule has 0 heterocycles. The molecule has 0 saturated carbocycles. The molecule has 0 spiro atoms. The first kappa shape index (κ1) is 65.9. The Kier molecular flexibility index (Phi) is 63.4. The Hall–Kier alpha value is -1.22. The van der Waals surface area contributed by atoms with Crippen LogP contribution in [0.5, 0.6) is 0 Å². The second-order valence-electron chi connectivity index (χ2n) is 15.8. The summed E-state index contributed by atoms with van der Waals surface area (Å²) in [5.41, 5.74) is 0. The molecule has 0 rings (SSSR count). The molecule has 2 atom stereocenters. The Bertz CT molecular complexity index is 702. The number of hydrogen-bond donors (Lipinski definition) is 0. The first-order valence-electron chi connectivity index (χ1n) is 23.2. The van der Waals surface area contributed by atoms with Crippen LogP contribution in [0.15, 0.2) is 0 Å². The molecule has 0 aliphatic heterocycles. The standard InChI is InChI=1S/C46H90O8.4CH4/c1-5-7-9-11-13-15-17-19-21-23-25-29-33-37-49-39-43(3)51-41-53-45(47)35-31-27-28-32-36-46(48)54-42-52-44(4)40-50-38-34-30-26-24-22-20-18-16-14-12-10-8-6-2;;;;/h43-44H,5-42H2,1-4H3;4*1H4. The largest absolute Gasteiger partial charge is 0.438 e. The van der Waals surface area contributed by atoms with Gasteiger partial charge in [-0.15, -0.1) is 0 Å². The van der Waals surface area contributed by atoms with Crippen molar-refractivity contribution in [3.8, 4) is 0 Å². The summed E-state index contributed by atoms with van der Waals surface area (Å²) >= 11 is 0. The summed E-state index contributed by atoms with van der Waals surface area (Å²) in [4.78, 5) is 24.0.